The fourth-order valence-electron chi connectivity index (χ4n) is 6.12. The maximum atomic E-state index is 13.4. The lowest BCUT2D eigenvalue weighted by Gasteiger charge is -2.44. The molecular formula is C27H32ClN3O3. The van der Waals surface area contributed by atoms with Gasteiger partial charge in [-0.15, -0.1) is 0 Å². The molecule has 5 rings (SSSR count). The molecule has 1 fully saturated rings. The standard InChI is InChI=1S/C27H32ClN3O3/c1-16(2)25(32)30-22-18-8-4-5-9-20(18)27(23(22)34-3)11-13-31(14-12-27)26(33)19-15-17-7-6-10-21(17)29-24(19)28/h4-5,8-9,15-16,22-23H,6-7,10-14H2,1-3H3,(H,30,32)/t22-,23+/m1/s1. The second-order valence-electron chi connectivity index (χ2n) is 10.1. The zero-order valence-electron chi connectivity index (χ0n) is 20.1. The van der Waals surface area contributed by atoms with Gasteiger partial charge in [0.2, 0.25) is 5.91 Å². The number of benzene rings is 1. The normalized spacial score (nSPS) is 22.7. The maximum Gasteiger partial charge on any atom is 0.256 e. The molecule has 180 valence electrons. The number of rotatable bonds is 4. The monoisotopic (exact) mass is 481 g/mol. The van der Waals surface area contributed by atoms with Gasteiger partial charge in [-0.1, -0.05) is 49.7 Å². The molecule has 34 heavy (non-hydrogen) atoms. The molecule has 0 radical (unpaired) electrons. The third-order valence-corrected chi connectivity index (χ3v) is 8.22. The van der Waals surface area contributed by atoms with Gasteiger partial charge >= 0.3 is 0 Å². The van der Waals surface area contributed by atoms with Crippen LogP contribution in [-0.2, 0) is 27.8 Å². The number of nitrogens with zero attached hydrogens (tertiary/aromatic N) is 2. The number of carbonyl (C=O) groups is 2. The molecule has 3 aliphatic rings. The van der Waals surface area contributed by atoms with E-state index in [0.29, 0.717) is 23.8 Å². The molecule has 6 nitrogen and oxygen atoms in total. The number of halogens is 1. The van der Waals surface area contributed by atoms with E-state index in [9.17, 15) is 9.59 Å². The average molecular weight is 482 g/mol. The van der Waals surface area contributed by atoms with E-state index in [2.05, 4.69) is 22.4 Å². The van der Waals surface area contributed by atoms with E-state index in [0.717, 1.165) is 48.9 Å². The lowest BCUT2D eigenvalue weighted by atomic mass is 9.71. The third-order valence-electron chi connectivity index (χ3n) is 7.93. The molecular weight excluding hydrogens is 450 g/mol. The van der Waals surface area contributed by atoms with Gasteiger partial charge in [0.15, 0.2) is 0 Å². The highest BCUT2D eigenvalue weighted by atomic mass is 35.5. The molecule has 2 aliphatic carbocycles. The number of likely N-dealkylation sites (tertiary alicyclic amines) is 1. The number of hydrogen-bond donors (Lipinski definition) is 1. The van der Waals surface area contributed by atoms with Crippen molar-refractivity contribution in [2.75, 3.05) is 20.2 Å². The van der Waals surface area contributed by atoms with Crippen LogP contribution in [-0.4, -0.2) is 48.0 Å². The van der Waals surface area contributed by atoms with Crippen molar-refractivity contribution in [3.05, 3.63) is 63.4 Å². The number of aryl methyl sites for hydroxylation is 2. The Kier molecular flexibility index (Phi) is 6.15. The largest absolute Gasteiger partial charge is 0.378 e. The maximum absolute atomic E-state index is 13.4. The highest BCUT2D eigenvalue weighted by Crippen LogP contribution is 2.52. The molecule has 2 amide bonds. The number of ether oxygens (including phenoxy) is 1. The van der Waals surface area contributed by atoms with E-state index in [1.165, 1.54) is 5.56 Å². The third kappa shape index (κ3) is 3.72. The van der Waals surface area contributed by atoms with Crippen molar-refractivity contribution in [3.63, 3.8) is 0 Å². The number of pyridine rings is 1. The molecule has 1 aliphatic heterocycles. The van der Waals surface area contributed by atoms with Crippen LogP contribution in [0.2, 0.25) is 5.15 Å². The van der Waals surface area contributed by atoms with E-state index in [1.807, 2.05) is 36.9 Å². The van der Waals surface area contributed by atoms with Crippen molar-refractivity contribution in [3.8, 4) is 0 Å². The Bertz CT molecular complexity index is 1120. The molecule has 1 aromatic heterocycles. The first-order valence-electron chi connectivity index (χ1n) is 12.3. The summed E-state index contributed by atoms with van der Waals surface area (Å²) in [5.41, 5.74) is 4.77. The number of aromatic nitrogens is 1. The van der Waals surface area contributed by atoms with Crippen LogP contribution in [0.4, 0.5) is 0 Å². The number of piperidine rings is 1. The zero-order chi connectivity index (χ0) is 24.0. The van der Waals surface area contributed by atoms with Crippen LogP contribution in [0.3, 0.4) is 0 Å². The van der Waals surface area contributed by atoms with Gasteiger partial charge in [-0.3, -0.25) is 9.59 Å². The zero-order valence-corrected chi connectivity index (χ0v) is 20.8. The number of methoxy groups -OCH3 is 1. The van der Waals surface area contributed by atoms with Crippen molar-refractivity contribution in [2.45, 2.75) is 63.5 Å². The quantitative estimate of drug-likeness (QED) is 0.663. The number of amides is 2. The topological polar surface area (TPSA) is 71.5 Å². The predicted molar refractivity (Wildman–Crippen MR) is 131 cm³/mol. The lowest BCUT2D eigenvalue weighted by molar-refractivity contribution is -0.126. The Morgan fingerprint density at radius 2 is 1.94 bits per heavy atom. The van der Waals surface area contributed by atoms with Gasteiger partial charge < -0.3 is 15.0 Å². The molecule has 2 atom stereocenters. The second kappa shape index (κ2) is 8.97. The summed E-state index contributed by atoms with van der Waals surface area (Å²) >= 11 is 6.43. The second-order valence-corrected chi connectivity index (χ2v) is 10.5. The minimum atomic E-state index is -0.253. The number of carbonyl (C=O) groups excluding carboxylic acids is 2. The van der Waals surface area contributed by atoms with E-state index in [-0.39, 0.29) is 35.3 Å². The summed E-state index contributed by atoms with van der Waals surface area (Å²) in [6.07, 6.45) is 4.29. The van der Waals surface area contributed by atoms with Gasteiger partial charge in [-0.05, 0) is 54.9 Å². The Balaban J connectivity index is 1.40. The van der Waals surface area contributed by atoms with Crippen molar-refractivity contribution in [1.82, 2.24) is 15.2 Å². The van der Waals surface area contributed by atoms with Gasteiger partial charge in [0.1, 0.15) is 5.15 Å². The van der Waals surface area contributed by atoms with E-state index >= 15 is 0 Å². The summed E-state index contributed by atoms with van der Waals surface area (Å²) in [6.45, 7) is 5.00. The lowest BCUT2D eigenvalue weighted by Crippen LogP contribution is -2.52. The smallest absolute Gasteiger partial charge is 0.256 e. The highest BCUT2D eigenvalue weighted by Gasteiger charge is 2.54. The van der Waals surface area contributed by atoms with E-state index in [1.54, 1.807) is 7.11 Å². The molecule has 1 N–H and O–H groups in total. The summed E-state index contributed by atoms with van der Waals surface area (Å²) in [4.78, 5) is 32.4. The Morgan fingerprint density at radius 3 is 2.65 bits per heavy atom. The molecule has 1 aromatic carbocycles. The Morgan fingerprint density at radius 1 is 1.21 bits per heavy atom. The summed E-state index contributed by atoms with van der Waals surface area (Å²) in [5.74, 6) is -0.136. The van der Waals surface area contributed by atoms with Crippen LogP contribution in [0.15, 0.2) is 30.3 Å². The Hall–Kier alpha value is -2.44. The van der Waals surface area contributed by atoms with Crippen molar-refractivity contribution in [2.24, 2.45) is 5.92 Å². The van der Waals surface area contributed by atoms with Gasteiger partial charge in [0.05, 0.1) is 17.7 Å². The molecule has 1 spiro atoms. The summed E-state index contributed by atoms with van der Waals surface area (Å²) in [7, 11) is 1.72. The van der Waals surface area contributed by atoms with Crippen molar-refractivity contribution >= 4 is 23.4 Å². The first kappa shape index (κ1) is 23.3. The van der Waals surface area contributed by atoms with Gasteiger partial charge in [0.25, 0.3) is 5.91 Å². The molecule has 2 heterocycles. The van der Waals surface area contributed by atoms with Crippen LogP contribution < -0.4 is 5.32 Å². The van der Waals surface area contributed by atoms with Crippen LogP contribution in [0.1, 0.15) is 71.9 Å². The van der Waals surface area contributed by atoms with Crippen LogP contribution in [0, 0.1) is 5.92 Å². The van der Waals surface area contributed by atoms with Gasteiger partial charge in [-0.25, -0.2) is 4.98 Å². The summed E-state index contributed by atoms with van der Waals surface area (Å²) < 4.78 is 6.08. The predicted octanol–water partition coefficient (Wildman–Crippen LogP) is 4.24. The molecule has 1 saturated heterocycles. The van der Waals surface area contributed by atoms with Crippen LogP contribution in [0.25, 0.3) is 0 Å². The molecule has 0 bridgehead atoms. The number of nitrogens with one attached hydrogen (secondary N) is 1. The van der Waals surface area contributed by atoms with Crippen LogP contribution in [0.5, 0.6) is 0 Å². The summed E-state index contributed by atoms with van der Waals surface area (Å²) in [5, 5.41) is 3.54. The fraction of sp³-hybridized carbons (Fsp3) is 0.519. The minimum absolute atomic E-state index is 0.0188. The molecule has 0 unspecified atom stereocenters. The first-order chi connectivity index (χ1) is 16.4. The number of hydrogen-bond acceptors (Lipinski definition) is 4. The molecule has 2 aromatic rings. The SMILES string of the molecule is CO[C@H]1[C@H](NC(=O)C(C)C)c2ccccc2C12CCN(C(=O)c1cc3c(nc1Cl)CCC3)CC2. The molecule has 0 saturated carbocycles. The average Bonchev–Trinajstić information content (AvgIpc) is 3.39. The fourth-order valence-corrected chi connectivity index (χ4v) is 6.36. The number of fused-ring (bicyclic) bond motifs is 3. The van der Waals surface area contributed by atoms with Gasteiger partial charge in [0, 0.05) is 37.2 Å². The Labute approximate surface area is 206 Å². The van der Waals surface area contributed by atoms with E-state index in [4.69, 9.17) is 16.3 Å². The van der Waals surface area contributed by atoms with Crippen molar-refractivity contribution < 1.29 is 14.3 Å². The molecule has 7 heteroatoms. The van der Waals surface area contributed by atoms with Gasteiger partial charge in [-0.2, -0.15) is 0 Å². The van der Waals surface area contributed by atoms with Crippen molar-refractivity contribution in [1.29, 1.82) is 0 Å². The van der Waals surface area contributed by atoms with E-state index < -0.39 is 0 Å². The van der Waals surface area contributed by atoms with Crippen LogP contribution >= 0.6 is 11.6 Å². The minimum Gasteiger partial charge on any atom is -0.378 e. The first-order valence-corrected chi connectivity index (χ1v) is 12.6. The highest BCUT2D eigenvalue weighted by molar-refractivity contribution is 6.32. The summed E-state index contributed by atoms with van der Waals surface area (Å²) in [6, 6.07) is 10.1.